The molecule has 0 radical (unpaired) electrons. The Labute approximate surface area is 103 Å². The van der Waals surface area contributed by atoms with Crippen molar-refractivity contribution in [1.29, 1.82) is 0 Å². The topological polar surface area (TPSA) is 52.6 Å². The number of hydrogen-bond acceptors (Lipinski definition) is 5. The zero-order valence-corrected chi connectivity index (χ0v) is 10.2. The zero-order valence-electron chi connectivity index (χ0n) is 9.39. The maximum atomic E-state index is 11.3. The zero-order chi connectivity index (χ0) is 12.3. The summed E-state index contributed by atoms with van der Waals surface area (Å²) in [6, 6.07) is 5.38. The van der Waals surface area contributed by atoms with Gasteiger partial charge in [-0.1, -0.05) is 19.1 Å². The van der Waals surface area contributed by atoms with Gasteiger partial charge in [-0.05, 0) is 12.5 Å². The summed E-state index contributed by atoms with van der Waals surface area (Å²) < 4.78 is 15.5. The van der Waals surface area contributed by atoms with Crippen molar-refractivity contribution in [3.05, 3.63) is 28.7 Å². The molecule has 2 rings (SSSR count). The van der Waals surface area contributed by atoms with E-state index in [0.29, 0.717) is 17.6 Å². The van der Waals surface area contributed by atoms with Gasteiger partial charge in [0.1, 0.15) is 6.61 Å². The van der Waals surface area contributed by atoms with Crippen LogP contribution in [0.5, 0.6) is 0 Å². The summed E-state index contributed by atoms with van der Waals surface area (Å²) in [7, 11) is 0. The van der Waals surface area contributed by atoms with E-state index < -0.39 is 0 Å². The molecule has 2 aromatic rings. The summed E-state index contributed by atoms with van der Waals surface area (Å²) in [5.74, 6) is -0.216. The highest BCUT2D eigenvalue weighted by molar-refractivity contribution is 7.71. The van der Waals surface area contributed by atoms with E-state index in [1.807, 2.05) is 13.0 Å². The number of ether oxygens (including phenoxy) is 1. The Balaban J connectivity index is 2.18. The molecule has 0 N–H and O–H groups in total. The fourth-order valence-corrected chi connectivity index (χ4v) is 1.67. The van der Waals surface area contributed by atoms with Crippen LogP contribution in [0.25, 0.3) is 11.2 Å². The number of hydrogen-bond donors (Lipinski definition) is 0. The SMILES string of the molecule is CCCC(=O)OCc1cccc2oc(=S)oc12. The van der Waals surface area contributed by atoms with Gasteiger partial charge in [-0.15, -0.1) is 0 Å². The predicted octanol–water partition coefficient (Wildman–Crippen LogP) is 3.60. The van der Waals surface area contributed by atoms with E-state index in [-0.39, 0.29) is 17.5 Å². The van der Waals surface area contributed by atoms with E-state index in [9.17, 15) is 4.79 Å². The number of benzene rings is 1. The second kappa shape index (κ2) is 5.14. The minimum Gasteiger partial charge on any atom is -0.461 e. The lowest BCUT2D eigenvalue weighted by Gasteiger charge is -2.03. The van der Waals surface area contributed by atoms with E-state index in [4.69, 9.17) is 25.8 Å². The molecule has 1 aromatic heterocycles. The van der Waals surface area contributed by atoms with Gasteiger partial charge >= 0.3 is 10.9 Å². The van der Waals surface area contributed by atoms with Crippen LogP contribution in [0, 0.1) is 4.90 Å². The minimum absolute atomic E-state index is 0.0762. The number of carbonyl (C=O) groups excluding carboxylic acids is 1. The summed E-state index contributed by atoms with van der Waals surface area (Å²) >= 11 is 4.81. The van der Waals surface area contributed by atoms with Crippen LogP contribution in [0.15, 0.2) is 27.0 Å². The summed E-state index contributed by atoms with van der Waals surface area (Å²) in [5, 5.41) is 0. The van der Waals surface area contributed by atoms with Gasteiger partial charge in [0.25, 0.3) is 0 Å². The van der Waals surface area contributed by atoms with Gasteiger partial charge in [-0.2, -0.15) is 0 Å². The fourth-order valence-electron chi connectivity index (χ4n) is 1.50. The van der Waals surface area contributed by atoms with Crippen molar-refractivity contribution in [1.82, 2.24) is 0 Å². The lowest BCUT2D eigenvalue weighted by molar-refractivity contribution is -0.144. The molecule has 5 heteroatoms. The first kappa shape index (κ1) is 11.9. The normalized spacial score (nSPS) is 10.6. The molecule has 0 unspecified atom stereocenters. The number of fused-ring (bicyclic) bond motifs is 1. The monoisotopic (exact) mass is 252 g/mol. The lowest BCUT2D eigenvalue weighted by Crippen LogP contribution is -2.03. The summed E-state index contributed by atoms with van der Waals surface area (Å²) in [5.41, 5.74) is 1.87. The van der Waals surface area contributed by atoms with Crippen molar-refractivity contribution in [2.75, 3.05) is 0 Å². The molecule has 4 nitrogen and oxygen atoms in total. The first-order valence-corrected chi connectivity index (χ1v) is 5.78. The number of esters is 1. The standard InChI is InChI=1S/C12H12O4S/c1-2-4-10(13)14-7-8-5-3-6-9-11(8)16-12(17)15-9/h3,5-6H,2,4,7H2,1H3. The molecule has 0 atom stereocenters. The highest BCUT2D eigenvalue weighted by Gasteiger charge is 2.09. The predicted molar refractivity (Wildman–Crippen MR) is 64.0 cm³/mol. The van der Waals surface area contributed by atoms with Crippen LogP contribution in [0.2, 0.25) is 0 Å². The third-order valence-electron chi connectivity index (χ3n) is 2.28. The molecule has 0 amide bonds. The average molecular weight is 252 g/mol. The van der Waals surface area contributed by atoms with Crippen LogP contribution in [0.4, 0.5) is 0 Å². The van der Waals surface area contributed by atoms with Gasteiger partial charge < -0.3 is 13.6 Å². The summed E-state index contributed by atoms with van der Waals surface area (Å²) in [4.78, 5) is 11.3. The molecule has 1 aromatic carbocycles. The average Bonchev–Trinajstić information content (AvgIpc) is 2.67. The molecule has 0 aliphatic carbocycles. The molecule has 0 aliphatic heterocycles. The lowest BCUT2D eigenvalue weighted by atomic mass is 10.2. The molecule has 0 saturated heterocycles. The Morgan fingerprint density at radius 1 is 1.41 bits per heavy atom. The quantitative estimate of drug-likeness (QED) is 0.614. The maximum absolute atomic E-state index is 11.3. The van der Waals surface area contributed by atoms with Gasteiger partial charge in [0.2, 0.25) is 0 Å². The first-order valence-electron chi connectivity index (χ1n) is 5.38. The Morgan fingerprint density at radius 2 is 2.24 bits per heavy atom. The minimum atomic E-state index is -0.216. The van der Waals surface area contributed by atoms with Gasteiger partial charge in [-0.3, -0.25) is 4.79 Å². The fraction of sp³-hybridized carbons (Fsp3) is 0.333. The van der Waals surface area contributed by atoms with Crippen LogP contribution in [-0.2, 0) is 16.1 Å². The van der Waals surface area contributed by atoms with E-state index >= 15 is 0 Å². The summed E-state index contributed by atoms with van der Waals surface area (Å²) in [6.07, 6.45) is 1.19. The molecule has 0 saturated carbocycles. The van der Waals surface area contributed by atoms with Crippen LogP contribution in [-0.4, -0.2) is 5.97 Å². The highest BCUT2D eigenvalue weighted by Crippen LogP contribution is 2.21. The Bertz CT molecular complexity index is 581. The van der Waals surface area contributed by atoms with Gasteiger partial charge in [-0.25, -0.2) is 0 Å². The van der Waals surface area contributed by atoms with Crippen LogP contribution >= 0.6 is 12.2 Å². The van der Waals surface area contributed by atoms with E-state index in [0.717, 1.165) is 12.0 Å². The van der Waals surface area contributed by atoms with Crippen LogP contribution in [0.3, 0.4) is 0 Å². The molecular formula is C12H12O4S. The third kappa shape index (κ3) is 2.74. The Kier molecular flexibility index (Phi) is 3.58. The molecule has 0 aliphatic rings. The van der Waals surface area contributed by atoms with Crippen molar-refractivity contribution in [3.63, 3.8) is 0 Å². The number of rotatable bonds is 4. The Hall–Kier alpha value is -1.62. The smallest absolute Gasteiger partial charge is 0.363 e. The molecule has 0 fully saturated rings. The van der Waals surface area contributed by atoms with Gasteiger partial charge in [0, 0.05) is 24.2 Å². The summed E-state index contributed by atoms with van der Waals surface area (Å²) in [6.45, 7) is 2.10. The van der Waals surface area contributed by atoms with Crippen molar-refractivity contribution >= 4 is 29.4 Å². The van der Waals surface area contributed by atoms with Crippen LogP contribution < -0.4 is 0 Å². The second-order valence-corrected chi connectivity index (χ2v) is 3.94. The molecule has 0 spiro atoms. The van der Waals surface area contributed by atoms with Gasteiger partial charge in [0.05, 0.1) is 0 Å². The molecule has 17 heavy (non-hydrogen) atoms. The van der Waals surface area contributed by atoms with Gasteiger partial charge in [0.15, 0.2) is 11.2 Å². The van der Waals surface area contributed by atoms with E-state index in [1.165, 1.54) is 0 Å². The first-order chi connectivity index (χ1) is 8.20. The molecule has 0 bridgehead atoms. The molecular weight excluding hydrogens is 240 g/mol. The number of carbonyl (C=O) groups is 1. The largest absolute Gasteiger partial charge is 0.461 e. The third-order valence-corrected chi connectivity index (χ3v) is 2.45. The van der Waals surface area contributed by atoms with Crippen molar-refractivity contribution in [2.24, 2.45) is 0 Å². The molecule has 1 heterocycles. The van der Waals surface area contributed by atoms with Crippen molar-refractivity contribution in [3.8, 4) is 0 Å². The van der Waals surface area contributed by atoms with Crippen LogP contribution in [0.1, 0.15) is 25.3 Å². The Morgan fingerprint density at radius 3 is 3.00 bits per heavy atom. The second-order valence-electron chi connectivity index (χ2n) is 3.61. The maximum Gasteiger partial charge on any atom is 0.363 e. The van der Waals surface area contributed by atoms with Crippen molar-refractivity contribution < 1.29 is 18.4 Å². The molecule has 90 valence electrons. The van der Waals surface area contributed by atoms with Crippen molar-refractivity contribution in [2.45, 2.75) is 26.4 Å². The van der Waals surface area contributed by atoms with E-state index in [2.05, 4.69) is 0 Å². The highest BCUT2D eigenvalue weighted by atomic mass is 32.1. The van der Waals surface area contributed by atoms with E-state index in [1.54, 1.807) is 12.1 Å². The number of para-hydroxylation sites is 1.